The zero-order valence-corrected chi connectivity index (χ0v) is 18.7. The van der Waals surface area contributed by atoms with E-state index >= 15 is 0 Å². The van der Waals surface area contributed by atoms with Gasteiger partial charge in [0.1, 0.15) is 23.0 Å². The summed E-state index contributed by atoms with van der Waals surface area (Å²) in [7, 11) is 6.82. The molecular weight excluding hydrogens is 412 g/mol. The monoisotopic (exact) mass is 440 g/mol. The van der Waals surface area contributed by atoms with E-state index in [0.29, 0.717) is 30.0 Å². The van der Waals surface area contributed by atoms with Crippen molar-refractivity contribution in [3.8, 4) is 17.2 Å². The van der Waals surface area contributed by atoms with Crippen LogP contribution in [0.2, 0.25) is 0 Å². The van der Waals surface area contributed by atoms with E-state index in [0.717, 1.165) is 6.54 Å². The first-order valence-electron chi connectivity index (χ1n) is 10.2. The third-order valence-electron chi connectivity index (χ3n) is 5.44. The first kappa shape index (κ1) is 23.1. The molecule has 1 aliphatic rings. The third kappa shape index (κ3) is 4.40. The van der Waals surface area contributed by atoms with Crippen LogP contribution in [0.3, 0.4) is 0 Å². The number of rotatable bonds is 8. The topological polar surface area (TPSA) is 99.5 Å². The molecule has 1 unspecified atom stereocenters. The van der Waals surface area contributed by atoms with E-state index < -0.39 is 23.5 Å². The van der Waals surface area contributed by atoms with E-state index in [9.17, 15) is 19.8 Å². The van der Waals surface area contributed by atoms with Gasteiger partial charge in [-0.15, -0.1) is 0 Å². The number of aromatic hydroxyl groups is 1. The third-order valence-corrected chi connectivity index (χ3v) is 5.44. The van der Waals surface area contributed by atoms with Crippen LogP contribution in [0, 0.1) is 0 Å². The molecule has 0 aliphatic carbocycles. The van der Waals surface area contributed by atoms with E-state index in [4.69, 9.17) is 9.47 Å². The molecule has 0 aromatic heterocycles. The SMILES string of the molecule is COc1ccc(/C(O)=C2\C(=O)C(=O)N(CCCN(C)C)C2c2ccccc2OC)c(O)c1. The molecule has 0 spiro atoms. The minimum absolute atomic E-state index is 0.0389. The number of ether oxygens (including phenoxy) is 2. The van der Waals surface area contributed by atoms with Gasteiger partial charge in [-0.1, -0.05) is 18.2 Å². The van der Waals surface area contributed by atoms with Gasteiger partial charge in [0.05, 0.1) is 31.4 Å². The number of hydrogen-bond acceptors (Lipinski definition) is 7. The molecule has 0 saturated carbocycles. The number of phenols is 1. The number of nitrogens with zero attached hydrogens (tertiary/aromatic N) is 2. The molecule has 1 aliphatic heterocycles. The van der Waals surface area contributed by atoms with Crippen LogP contribution in [-0.4, -0.2) is 73.1 Å². The maximum atomic E-state index is 13.1. The molecule has 2 aromatic rings. The summed E-state index contributed by atoms with van der Waals surface area (Å²) < 4.78 is 10.6. The van der Waals surface area contributed by atoms with E-state index in [1.165, 1.54) is 31.3 Å². The fourth-order valence-electron chi connectivity index (χ4n) is 3.87. The highest BCUT2D eigenvalue weighted by molar-refractivity contribution is 6.46. The summed E-state index contributed by atoms with van der Waals surface area (Å²) in [6, 6.07) is 10.5. The highest BCUT2D eigenvalue weighted by atomic mass is 16.5. The average Bonchev–Trinajstić information content (AvgIpc) is 3.03. The van der Waals surface area contributed by atoms with Gasteiger partial charge in [0, 0.05) is 18.2 Å². The number of aliphatic hydroxyl groups is 1. The molecule has 8 nitrogen and oxygen atoms in total. The molecule has 1 fully saturated rings. The van der Waals surface area contributed by atoms with Crippen molar-refractivity contribution in [1.29, 1.82) is 0 Å². The number of carbonyl (C=O) groups is 2. The number of ketones is 1. The fourth-order valence-corrected chi connectivity index (χ4v) is 3.87. The highest BCUT2D eigenvalue weighted by Crippen LogP contribution is 2.43. The molecule has 0 bridgehead atoms. The smallest absolute Gasteiger partial charge is 0.295 e. The normalized spacial score (nSPS) is 17.8. The Morgan fingerprint density at radius 2 is 1.81 bits per heavy atom. The molecule has 1 atom stereocenters. The largest absolute Gasteiger partial charge is 0.507 e. The number of Topliss-reactive ketones (excluding diaryl/α,β-unsaturated/α-hetero) is 1. The van der Waals surface area contributed by atoms with Gasteiger partial charge in [-0.25, -0.2) is 0 Å². The molecule has 1 saturated heterocycles. The summed E-state index contributed by atoms with van der Waals surface area (Å²) in [4.78, 5) is 29.5. The van der Waals surface area contributed by atoms with Crippen LogP contribution in [0.25, 0.3) is 5.76 Å². The lowest BCUT2D eigenvalue weighted by atomic mass is 9.94. The standard InChI is InChI=1S/C24H28N2O6/c1-25(2)12-7-13-26-21(17-8-5-6-9-19(17)32-4)20(23(29)24(26)30)22(28)16-11-10-15(31-3)14-18(16)27/h5-6,8-11,14,21,27-28H,7,12-13H2,1-4H3/b22-20+. The van der Waals surface area contributed by atoms with Gasteiger partial charge in [-0.3, -0.25) is 9.59 Å². The van der Waals surface area contributed by atoms with Crippen molar-refractivity contribution in [2.75, 3.05) is 41.4 Å². The number of carbonyl (C=O) groups excluding carboxylic acids is 2. The minimum atomic E-state index is -0.852. The van der Waals surface area contributed by atoms with Crippen LogP contribution in [0.5, 0.6) is 17.2 Å². The van der Waals surface area contributed by atoms with Gasteiger partial charge < -0.3 is 29.5 Å². The molecular formula is C24H28N2O6. The van der Waals surface area contributed by atoms with Crippen LogP contribution in [0.1, 0.15) is 23.6 Å². The van der Waals surface area contributed by atoms with E-state index in [1.807, 2.05) is 19.0 Å². The molecule has 3 rings (SSSR count). The first-order chi connectivity index (χ1) is 15.3. The lowest BCUT2D eigenvalue weighted by Crippen LogP contribution is -2.32. The summed E-state index contributed by atoms with van der Waals surface area (Å²) in [5.74, 6) is -1.34. The van der Waals surface area contributed by atoms with Crippen LogP contribution in [0.4, 0.5) is 0 Å². The molecule has 0 radical (unpaired) electrons. The quantitative estimate of drug-likeness (QED) is 0.370. The number of para-hydroxylation sites is 1. The number of phenolic OH excluding ortho intramolecular Hbond substituents is 1. The van der Waals surface area contributed by atoms with Gasteiger partial charge in [-0.05, 0) is 45.3 Å². The summed E-state index contributed by atoms with van der Waals surface area (Å²) in [6.45, 7) is 1.04. The van der Waals surface area contributed by atoms with E-state index in [-0.39, 0.29) is 16.9 Å². The zero-order chi connectivity index (χ0) is 23.4. The average molecular weight is 440 g/mol. The Morgan fingerprint density at radius 1 is 1.09 bits per heavy atom. The van der Waals surface area contributed by atoms with Crippen LogP contribution >= 0.6 is 0 Å². The van der Waals surface area contributed by atoms with Crippen molar-refractivity contribution >= 4 is 17.4 Å². The predicted molar refractivity (Wildman–Crippen MR) is 120 cm³/mol. The number of aliphatic hydroxyl groups excluding tert-OH is 1. The molecule has 8 heteroatoms. The lowest BCUT2D eigenvalue weighted by Gasteiger charge is -2.27. The van der Waals surface area contributed by atoms with Gasteiger partial charge in [0.2, 0.25) is 0 Å². The van der Waals surface area contributed by atoms with Crippen molar-refractivity contribution in [2.24, 2.45) is 0 Å². The second-order valence-corrected chi connectivity index (χ2v) is 7.77. The van der Waals surface area contributed by atoms with Crippen molar-refractivity contribution in [1.82, 2.24) is 9.80 Å². The van der Waals surface area contributed by atoms with Gasteiger partial charge in [0.25, 0.3) is 11.7 Å². The van der Waals surface area contributed by atoms with Crippen LogP contribution in [0.15, 0.2) is 48.0 Å². The van der Waals surface area contributed by atoms with Crippen molar-refractivity contribution in [3.05, 3.63) is 59.2 Å². The van der Waals surface area contributed by atoms with Gasteiger partial charge in [0.15, 0.2) is 0 Å². The second-order valence-electron chi connectivity index (χ2n) is 7.77. The minimum Gasteiger partial charge on any atom is -0.507 e. The highest BCUT2D eigenvalue weighted by Gasteiger charge is 2.47. The van der Waals surface area contributed by atoms with Gasteiger partial charge >= 0.3 is 0 Å². The van der Waals surface area contributed by atoms with Crippen molar-refractivity contribution in [2.45, 2.75) is 12.5 Å². The Balaban J connectivity index is 2.16. The Labute approximate surface area is 187 Å². The number of hydrogen-bond donors (Lipinski definition) is 2. The Kier molecular flexibility index (Phi) is 7.05. The molecule has 1 heterocycles. The summed E-state index contributed by atoms with van der Waals surface area (Å²) >= 11 is 0. The van der Waals surface area contributed by atoms with E-state index in [1.54, 1.807) is 30.3 Å². The predicted octanol–water partition coefficient (Wildman–Crippen LogP) is 2.78. The zero-order valence-electron chi connectivity index (χ0n) is 18.7. The number of amides is 1. The molecule has 170 valence electrons. The summed E-state index contributed by atoms with van der Waals surface area (Å²) in [5.41, 5.74) is 0.524. The Hall–Kier alpha value is -3.52. The van der Waals surface area contributed by atoms with E-state index in [2.05, 4.69) is 0 Å². The maximum absolute atomic E-state index is 13.1. The Bertz CT molecular complexity index is 1050. The fraction of sp³-hybridized carbons (Fsp3) is 0.333. The maximum Gasteiger partial charge on any atom is 0.295 e. The lowest BCUT2D eigenvalue weighted by molar-refractivity contribution is -0.140. The summed E-state index contributed by atoms with van der Waals surface area (Å²) in [6.07, 6.45) is 0.638. The second kappa shape index (κ2) is 9.74. The van der Waals surface area contributed by atoms with Crippen LogP contribution < -0.4 is 9.47 Å². The number of likely N-dealkylation sites (tertiary alicyclic amines) is 1. The number of benzene rings is 2. The first-order valence-corrected chi connectivity index (χ1v) is 10.2. The van der Waals surface area contributed by atoms with Crippen LogP contribution in [-0.2, 0) is 9.59 Å². The molecule has 32 heavy (non-hydrogen) atoms. The molecule has 2 aromatic carbocycles. The summed E-state index contributed by atoms with van der Waals surface area (Å²) in [5, 5.41) is 21.5. The molecule has 2 N–H and O–H groups in total. The molecule has 1 amide bonds. The Morgan fingerprint density at radius 3 is 2.44 bits per heavy atom. The number of methoxy groups -OCH3 is 2. The van der Waals surface area contributed by atoms with Crippen molar-refractivity contribution < 1.29 is 29.3 Å². The van der Waals surface area contributed by atoms with Gasteiger partial charge in [-0.2, -0.15) is 0 Å². The van der Waals surface area contributed by atoms with Crippen molar-refractivity contribution in [3.63, 3.8) is 0 Å².